The summed E-state index contributed by atoms with van der Waals surface area (Å²) in [7, 11) is 0. The van der Waals surface area contributed by atoms with Crippen LogP contribution in [0.5, 0.6) is 11.5 Å². The van der Waals surface area contributed by atoms with Crippen molar-refractivity contribution < 1.29 is 24.0 Å². The Balaban J connectivity index is 1.85. The molecule has 0 unspecified atom stereocenters. The summed E-state index contributed by atoms with van der Waals surface area (Å²) in [6.45, 7) is 1.89. The van der Waals surface area contributed by atoms with Crippen LogP contribution in [0.1, 0.15) is 12.5 Å². The quantitative estimate of drug-likeness (QED) is 0.276. The molecule has 2 amide bonds. The number of nitro benzene ring substituents is 1. The van der Waals surface area contributed by atoms with E-state index in [1.54, 1.807) is 31.2 Å². The smallest absolute Gasteiger partial charge is 0.270 e. The molecule has 0 saturated carbocycles. The van der Waals surface area contributed by atoms with Gasteiger partial charge in [0.15, 0.2) is 22.4 Å². The summed E-state index contributed by atoms with van der Waals surface area (Å²) in [5, 5.41) is 10.8. The summed E-state index contributed by atoms with van der Waals surface area (Å²) in [4.78, 5) is 35.9. The molecule has 0 atom stereocenters. The van der Waals surface area contributed by atoms with Crippen molar-refractivity contribution in [3.8, 4) is 11.5 Å². The lowest BCUT2D eigenvalue weighted by Crippen LogP contribution is -2.27. The molecule has 0 aliphatic carbocycles. The van der Waals surface area contributed by atoms with Gasteiger partial charge in [-0.05, 0) is 42.8 Å². The molecule has 160 valence electrons. The third-order valence-corrected chi connectivity index (χ3v) is 5.35. The largest absolute Gasteiger partial charge is 0.490 e. The van der Waals surface area contributed by atoms with Gasteiger partial charge in [-0.1, -0.05) is 30.0 Å². The van der Waals surface area contributed by atoms with Crippen molar-refractivity contribution in [1.82, 2.24) is 0 Å². The highest BCUT2D eigenvalue weighted by Crippen LogP contribution is 2.37. The number of non-ortho nitro benzene ring substituents is 1. The zero-order valence-corrected chi connectivity index (χ0v) is 17.9. The third kappa shape index (κ3) is 5.19. The molecular formula is C20H17N3O6S2. The molecule has 0 aromatic heterocycles. The van der Waals surface area contributed by atoms with Crippen LogP contribution in [0.25, 0.3) is 6.08 Å². The highest BCUT2D eigenvalue weighted by molar-refractivity contribution is 8.27. The molecule has 11 heteroatoms. The lowest BCUT2D eigenvalue weighted by molar-refractivity contribution is -0.384. The van der Waals surface area contributed by atoms with E-state index in [0.29, 0.717) is 38.6 Å². The molecule has 0 radical (unpaired) electrons. The zero-order valence-electron chi connectivity index (χ0n) is 16.3. The fourth-order valence-electron chi connectivity index (χ4n) is 2.72. The maximum atomic E-state index is 12.9. The second kappa shape index (κ2) is 9.58. The Morgan fingerprint density at radius 1 is 1.23 bits per heavy atom. The first-order valence-corrected chi connectivity index (χ1v) is 10.2. The number of ether oxygens (including phenoxy) is 2. The van der Waals surface area contributed by atoms with Crippen molar-refractivity contribution in [2.75, 3.05) is 18.1 Å². The van der Waals surface area contributed by atoms with Gasteiger partial charge in [0.25, 0.3) is 17.5 Å². The molecule has 2 aromatic carbocycles. The molecule has 1 aliphatic rings. The van der Waals surface area contributed by atoms with Gasteiger partial charge >= 0.3 is 0 Å². The summed E-state index contributed by atoms with van der Waals surface area (Å²) in [5.74, 6) is -0.183. The first-order chi connectivity index (χ1) is 14.8. The molecule has 9 nitrogen and oxygen atoms in total. The van der Waals surface area contributed by atoms with Gasteiger partial charge in [0.05, 0.1) is 22.1 Å². The minimum Gasteiger partial charge on any atom is -0.490 e. The van der Waals surface area contributed by atoms with Gasteiger partial charge in [-0.2, -0.15) is 0 Å². The predicted octanol–water partition coefficient (Wildman–Crippen LogP) is 3.26. The number of carbonyl (C=O) groups excluding carboxylic acids is 2. The summed E-state index contributed by atoms with van der Waals surface area (Å²) in [6, 6.07) is 10.6. The molecule has 31 heavy (non-hydrogen) atoms. The summed E-state index contributed by atoms with van der Waals surface area (Å²) in [6.07, 6.45) is 1.66. The first-order valence-electron chi connectivity index (χ1n) is 9.00. The topological polar surface area (TPSA) is 125 Å². The number of hydrogen-bond acceptors (Lipinski definition) is 8. The maximum Gasteiger partial charge on any atom is 0.270 e. The molecule has 1 aliphatic heterocycles. The Kier molecular flexibility index (Phi) is 6.88. The fourth-order valence-corrected chi connectivity index (χ4v) is 4.01. The van der Waals surface area contributed by atoms with E-state index >= 15 is 0 Å². The van der Waals surface area contributed by atoms with Crippen LogP contribution in [0.2, 0.25) is 0 Å². The van der Waals surface area contributed by atoms with E-state index in [1.807, 2.05) is 0 Å². The molecule has 3 rings (SSSR count). The van der Waals surface area contributed by atoms with Crippen molar-refractivity contribution in [2.24, 2.45) is 5.73 Å². The van der Waals surface area contributed by atoms with E-state index in [2.05, 4.69) is 0 Å². The minimum atomic E-state index is -0.610. The molecule has 2 aromatic rings. The second-order valence-electron chi connectivity index (χ2n) is 6.18. The average Bonchev–Trinajstić information content (AvgIpc) is 3.00. The van der Waals surface area contributed by atoms with Crippen molar-refractivity contribution in [1.29, 1.82) is 0 Å². The molecule has 1 fully saturated rings. The van der Waals surface area contributed by atoms with Gasteiger partial charge in [-0.3, -0.25) is 24.6 Å². The summed E-state index contributed by atoms with van der Waals surface area (Å²) in [5.41, 5.74) is 6.15. The molecule has 0 bridgehead atoms. The van der Waals surface area contributed by atoms with E-state index in [-0.39, 0.29) is 18.2 Å². The van der Waals surface area contributed by atoms with Crippen molar-refractivity contribution in [3.63, 3.8) is 0 Å². The standard InChI is InChI=1S/C20H17N3O6S2/c1-2-28-16-9-12(3-8-15(16)29-11-18(21)24)10-17-19(25)22(20(30)31-17)13-4-6-14(7-5-13)23(26)27/h3-10H,2,11H2,1H3,(H2,21,24)/b17-10+. The molecule has 0 spiro atoms. The fraction of sp³-hybridized carbons (Fsp3) is 0.150. The van der Waals surface area contributed by atoms with Crippen LogP contribution in [0.15, 0.2) is 47.4 Å². The normalized spacial score (nSPS) is 14.7. The molecular weight excluding hydrogens is 442 g/mol. The van der Waals surface area contributed by atoms with Crippen LogP contribution in [0.3, 0.4) is 0 Å². The number of nitro groups is 1. The van der Waals surface area contributed by atoms with E-state index in [4.69, 9.17) is 27.4 Å². The molecule has 1 heterocycles. The number of rotatable bonds is 8. The van der Waals surface area contributed by atoms with Crippen LogP contribution in [0.4, 0.5) is 11.4 Å². The highest BCUT2D eigenvalue weighted by atomic mass is 32.2. The number of thioether (sulfide) groups is 1. The predicted molar refractivity (Wildman–Crippen MR) is 121 cm³/mol. The number of thiocarbonyl (C=S) groups is 1. The van der Waals surface area contributed by atoms with Gasteiger partial charge in [-0.15, -0.1) is 0 Å². The number of anilines is 1. The minimum absolute atomic E-state index is 0.0770. The van der Waals surface area contributed by atoms with Gasteiger partial charge in [0, 0.05) is 12.1 Å². The Hall–Kier alpha value is -3.44. The summed E-state index contributed by atoms with van der Waals surface area (Å²) < 4.78 is 11.2. The van der Waals surface area contributed by atoms with Gasteiger partial charge in [-0.25, -0.2) is 0 Å². The summed E-state index contributed by atoms with van der Waals surface area (Å²) >= 11 is 6.45. The lowest BCUT2D eigenvalue weighted by atomic mass is 10.1. The number of primary amides is 1. The van der Waals surface area contributed by atoms with Crippen molar-refractivity contribution in [2.45, 2.75) is 6.92 Å². The molecule has 1 saturated heterocycles. The van der Waals surface area contributed by atoms with E-state index in [1.165, 1.54) is 29.2 Å². The Morgan fingerprint density at radius 2 is 1.94 bits per heavy atom. The second-order valence-corrected chi connectivity index (χ2v) is 7.86. The first kappa shape index (κ1) is 22.2. The number of nitrogens with zero attached hydrogens (tertiary/aromatic N) is 2. The SMILES string of the molecule is CCOc1cc(/C=C2/SC(=S)N(c3ccc([N+](=O)[O-])cc3)C2=O)ccc1OCC(N)=O. The zero-order chi connectivity index (χ0) is 22.5. The van der Waals surface area contributed by atoms with E-state index < -0.39 is 10.8 Å². The third-order valence-electron chi connectivity index (χ3n) is 4.05. The van der Waals surface area contributed by atoms with Crippen molar-refractivity contribution in [3.05, 3.63) is 63.0 Å². The molecule has 2 N–H and O–H groups in total. The van der Waals surface area contributed by atoms with Gasteiger partial charge in [0.1, 0.15) is 0 Å². The van der Waals surface area contributed by atoms with Crippen molar-refractivity contribution >= 4 is 57.6 Å². The van der Waals surface area contributed by atoms with Crippen LogP contribution in [0, 0.1) is 10.1 Å². The monoisotopic (exact) mass is 459 g/mol. The number of carbonyl (C=O) groups is 2. The van der Waals surface area contributed by atoms with Crippen LogP contribution in [-0.2, 0) is 9.59 Å². The van der Waals surface area contributed by atoms with Crippen LogP contribution >= 0.6 is 24.0 Å². The number of hydrogen-bond donors (Lipinski definition) is 1. The van der Waals surface area contributed by atoms with Crippen LogP contribution < -0.4 is 20.1 Å². The van der Waals surface area contributed by atoms with Crippen LogP contribution in [-0.4, -0.2) is 34.3 Å². The average molecular weight is 460 g/mol. The Bertz CT molecular complexity index is 1080. The van der Waals surface area contributed by atoms with Gasteiger partial charge < -0.3 is 15.2 Å². The van der Waals surface area contributed by atoms with E-state index in [0.717, 1.165) is 11.8 Å². The lowest BCUT2D eigenvalue weighted by Gasteiger charge is -2.14. The van der Waals surface area contributed by atoms with Gasteiger partial charge in [0.2, 0.25) is 0 Å². The highest BCUT2D eigenvalue weighted by Gasteiger charge is 2.33. The number of nitrogens with two attached hydrogens (primary N) is 1. The Morgan fingerprint density at radius 3 is 2.55 bits per heavy atom. The maximum absolute atomic E-state index is 12.9. The number of amides is 2. The van der Waals surface area contributed by atoms with E-state index in [9.17, 15) is 19.7 Å². The number of benzene rings is 2. The Labute approximate surface area is 186 Å².